The molecule has 2 saturated heterocycles. The van der Waals surface area contributed by atoms with Crippen LogP contribution in [0.4, 0.5) is 5.69 Å². The molecule has 3 unspecified atom stereocenters. The zero-order valence-corrected chi connectivity index (χ0v) is 15.8. The van der Waals surface area contributed by atoms with Crippen molar-refractivity contribution in [2.45, 2.75) is 11.6 Å². The number of rotatable bonds is 4. The summed E-state index contributed by atoms with van der Waals surface area (Å²) in [6, 6.07) is 25.3. The number of para-hydroxylation sites is 1. The number of ether oxygens (including phenoxy) is 1. The number of hydrogen-bond acceptors (Lipinski definition) is 6. The van der Waals surface area contributed by atoms with Crippen molar-refractivity contribution in [3.05, 3.63) is 102 Å². The Labute approximate surface area is 172 Å². The molecule has 0 bridgehead atoms. The zero-order chi connectivity index (χ0) is 20.7. The summed E-state index contributed by atoms with van der Waals surface area (Å²) < 4.78 is 5.00. The minimum Gasteiger partial charge on any atom is -0.390 e. The number of hydrogen-bond donors (Lipinski definition) is 0. The Kier molecular flexibility index (Phi) is 4.22. The summed E-state index contributed by atoms with van der Waals surface area (Å²) in [4.78, 5) is 45.6. The molecule has 5 rings (SSSR count). The van der Waals surface area contributed by atoms with Crippen LogP contribution in [0, 0.1) is 5.92 Å². The van der Waals surface area contributed by atoms with E-state index in [4.69, 9.17) is 9.57 Å². The molecule has 2 fully saturated rings. The Morgan fingerprint density at radius 3 is 2.00 bits per heavy atom. The monoisotopic (exact) mass is 399 g/mol. The molecule has 0 amide bonds. The van der Waals surface area contributed by atoms with Crippen molar-refractivity contribution in [2.24, 2.45) is 5.92 Å². The van der Waals surface area contributed by atoms with Gasteiger partial charge in [0.15, 0.2) is 5.78 Å². The van der Waals surface area contributed by atoms with E-state index in [0.717, 1.165) is 0 Å². The number of nitrogens with zero attached hydrogens (tertiary/aromatic N) is 1. The van der Waals surface area contributed by atoms with Crippen LogP contribution in [0.2, 0.25) is 0 Å². The molecular weight excluding hydrogens is 382 g/mol. The van der Waals surface area contributed by atoms with Crippen molar-refractivity contribution in [1.29, 1.82) is 0 Å². The molecule has 30 heavy (non-hydrogen) atoms. The van der Waals surface area contributed by atoms with Gasteiger partial charge in [-0.05, 0) is 17.7 Å². The number of hydroxylamine groups is 1. The van der Waals surface area contributed by atoms with Crippen LogP contribution in [-0.4, -0.2) is 23.8 Å². The third kappa shape index (κ3) is 2.58. The van der Waals surface area contributed by atoms with Gasteiger partial charge in [0.2, 0.25) is 5.60 Å². The average molecular weight is 399 g/mol. The lowest BCUT2D eigenvalue weighted by molar-refractivity contribution is -0.163. The third-order valence-corrected chi connectivity index (χ3v) is 5.54. The molecule has 3 aromatic carbocycles. The molecule has 0 N–H and O–H groups in total. The fraction of sp³-hybridized carbons (Fsp3) is 0.125. The van der Waals surface area contributed by atoms with Gasteiger partial charge in [-0.2, -0.15) is 0 Å². The largest absolute Gasteiger partial charge is 0.390 e. The van der Waals surface area contributed by atoms with E-state index in [9.17, 15) is 14.4 Å². The van der Waals surface area contributed by atoms with Crippen LogP contribution in [0.5, 0.6) is 0 Å². The molecule has 2 aliphatic rings. The van der Waals surface area contributed by atoms with E-state index in [1.807, 2.05) is 6.07 Å². The van der Waals surface area contributed by atoms with Crippen molar-refractivity contribution in [2.75, 3.05) is 5.06 Å². The molecule has 0 saturated carbocycles. The number of benzene rings is 3. The second-order valence-electron chi connectivity index (χ2n) is 7.22. The average Bonchev–Trinajstić information content (AvgIpc) is 3.29. The standard InChI is InChI=1S/C24H17NO5/c26-21(16-10-4-1-5-11-16)20-19-22(27)29-23(28)24(19,17-12-6-2-7-13-17)30-25(20)18-14-8-3-9-15-18/h1-15,19-20H. The second-order valence-corrected chi connectivity index (χ2v) is 7.22. The number of ketones is 1. The van der Waals surface area contributed by atoms with Crippen LogP contribution in [-0.2, 0) is 24.8 Å². The van der Waals surface area contributed by atoms with Gasteiger partial charge >= 0.3 is 11.9 Å². The summed E-state index contributed by atoms with van der Waals surface area (Å²) in [5.41, 5.74) is -0.265. The quantitative estimate of drug-likeness (QED) is 0.381. The fourth-order valence-electron chi connectivity index (χ4n) is 4.17. The predicted octanol–water partition coefficient (Wildman–Crippen LogP) is 3.28. The topological polar surface area (TPSA) is 72.9 Å². The molecule has 2 heterocycles. The predicted molar refractivity (Wildman–Crippen MR) is 107 cm³/mol. The van der Waals surface area contributed by atoms with Gasteiger partial charge in [-0.3, -0.25) is 9.59 Å². The van der Waals surface area contributed by atoms with Gasteiger partial charge in [-0.25, -0.2) is 14.7 Å². The molecule has 6 heteroatoms. The first-order valence-electron chi connectivity index (χ1n) is 9.57. The van der Waals surface area contributed by atoms with Crippen molar-refractivity contribution in [1.82, 2.24) is 0 Å². The van der Waals surface area contributed by atoms with Gasteiger partial charge in [-0.15, -0.1) is 0 Å². The van der Waals surface area contributed by atoms with Crippen LogP contribution in [0.25, 0.3) is 0 Å². The first-order valence-corrected chi connectivity index (χ1v) is 9.57. The molecule has 0 radical (unpaired) electrons. The maximum atomic E-state index is 13.6. The smallest absolute Gasteiger partial charge is 0.354 e. The molecule has 6 nitrogen and oxygen atoms in total. The SMILES string of the molecule is O=C(c1ccccc1)C1C2C(=O)OC(=O)C2(c2ccccc2)ON1c1ccccc1. The van der Waals surface area contributed by atoms with Gasteiger partial charge in [0.1, 0.15) is 12.0 Å². The highest BCUT2D eigenvalue weighted by atomic mass is 16.7. The molecule has 0 spiro atoms. The summed E-state index contributed by atoms with van der Waals surface area (Å²) in [7, 11) is 0. The van der Waals surface area contributed by atoms with Crippen molar-refractivity contribution >= 4 is 23.4 Å². The van der Waals surface area contributed by atoms with Gasteiger partial charge in [0, 0.05) is 5.56 Å². The highest BCUT2D eigenvalue weighted by molar-refractivity contribution is 6.11. The van der Waals surface area contributed by atoms with Crippen molar-refractivity contribution in [3.63, 3.8) is 0 Å². The van der Waals surface area contributed by atoms with Gasteiger partial charge in [0.05, 0.1) is 5.69 Å². The lowest BCUT2D eigenvalue weighted by Crippen LogP contribution is -2.43. The minimum absolute atomic E-state index is 0.325. The Morgan fingerprint density at radius 2 is 1.37 bits per heavy atom. The van der Waals surface area contributed by atoms with Gasteiger partial charge < -0.3 is 4.74 Å². The normalized spacial score (nSPS) is 25.1. The first kappa shape index (κ1) is 18.3. The van der Waals surface area contributed by atoms with Crippen molar-refractivity contribution < 1.29 is 24.0 Å². The molecule has 148 valence electrons. The lowest BCUT2D eigenvalue weighted by Gasteiger charge is -2.26. The van der Waals surface area contributed by atoms with E-state index in [1.54, 1.807) is 84.9 Å². The van der Waals surface area contributed by atoms with E-state index in [1.165, 1.54) is 5.06 Å². The molecular formula is C24H17NO5. The molecule has 3 aromatic rings. The Balaban J connectivity index is 1.71. The first-order chi connectivity index (χ1) is 14.6. The summed E-state index contributed by atoms with van der Waals surface area (Å²) in [5.74, 6) is -3.04. The summed E-state index contributed by atoms with van der Waals surface area (Å²) in [5, 5.41) is 1.38. The van der Waals surface area contributed by atoms with E-state index in [2.05, 4.69) is 0 Å². The van der Waals surface area contributed by atoms with Crippen LogP contribution in [0.3, 0.4) is 0 Å². The molecule has 2 aliphatic heterocycles. The number of anilines is 1. The van der Waals surface area contributed by atoms with Crippen LogP contribution < -0.4 is 5.06 Å². The van der Waals surface area contributed by atoms with Crippen molar-refractivity contribution in [3.8, 4) is 0 Å². The Bertz CT molecular complexity index is 1120. The summed E-state index contributed by atoms with van der Waals surface area (Å²) in [6.07, 6.45) is 0. The molecule has 0 aliphatic carbocycles. The Morgan fingerprint density at radius 1 is 0.800 bits per heavy atom. The number of fused-ring (bicyclic) bond motifs is 1. The number of cyclic esters (lactones) is 2. The Hall–Kier alpha value is -3.77. The van der Waals surface area contributed by atoms with Gasteiger partial charge in [-0.1, -0.05) is 78.9 Å². The minimum atomic E-state index is -1.72. The number of carbonyl (C=O) groups excluding carboxylic acids is 3. The second kappa shape index (κ2) is 6.93. The van der Waals surface area contributed by atoms with E-state index in [0.29, 0.717) is 16.8 Å². The van der Waals surface area contributed by atoms with Crippen LogP contribution in [0.1, 0.15) is 15.9 Å². The maximum absolute atomic E-state index is 13.6. The highest BCUT2D eigenvalue weighted by Crippen LogP contribution is 2.51. The van der Waals surface area contributed by atoms with Crippen LogP contribution in [0.15, 0.2) is 91.0 Å². The molecule has 0 aromatic heterocycles. The third-order valence-electron chi connectivity index (χ3n) is 5.54. The lowest BCUT2D eigenvalue weighted by atomic mass is 9.78. The number of carbonyl (C=O) groups is 3. The molecule has 3 atom stereocenters. The number of esters is 2. The van der Waals surface area contributed by atoms with E-state index >= 15 is 0 Å². The fourth-order valence-corrected chi connectivity index (χ4v) is 4.17. The summed E-state index contributed by atoms with van der Waals surface area (Å²) >= 11 is 0. The van der Waals surface area contributed by atoms with E-state index < -0.39 is 29.5 Å². The van der Waals surface area contributed by atoms with E-state index in [-0.39, 0.29) is 5.78 Å². The van der Waals surface area contributed by atoms with Crippen LogP contribution >= 0.6 is 0 Å². The van der Waals surface area contributed by atoms with Gasteiger partial charge in [0.25, 0.3) is 0 Å². The number of Topliss-reactive ketones (excluding diaryl/α,β-unsaturated/α-hetero) is 1. The maximum Gasteiger partial charge on any atom is 0.354 e. The highest BCUT2D eigenvalue weighted by Gasteiger charge is 2.71. The zero-order valence-electron chi connectivity index (χ0n) is 15.8. The summed E-state index contributed by atoms with van der Waals surface area (Å²) in [6.45, 7) is 0.